The SMILES string of the molecule is CN=C(NCCCc1c(C)noc1C)NCCC(C)c1ccc(OC)cc1.I. The Kier molecular flexibility index (Phi) is 11.0. The minimum absolute atomic E-state index is 0. The zero-order valence-electron chi connectivity index (χ0n) is 17.5. The molecule has 2 rings (SSSR count). The zero-order chi connectivity index (χ0) is 19.6. The Morgan fingerprint density at radius 1 is 1.18 bits per heavy atom. The van der Waals surface area contributed by atoms with Crippen molar-refractivity contribution in [1.29, 1.82) is 0 Å². The number of methoxy groups -OCH3 is 1. The van der Waals surface area contributed by atoms with Gasteiger partial charge in [-0.25, -0.2) is 0 Å². The van der Waals surface area contributed by atoms with Crippen molar-refractivity contribution >= 4 is 29.9 Å². The molecule has 28 heavy (non-hydrogen) atoms. The second-order valence-electron chi connectivity index (χ2n) is 6.79. The lowest BCUT2D eigenvalue weighted by atomic mass is 9.98. The highest BCUT2D eigenvalue weighted by Crippen LogP contribution is 2.21. The summed E-state index contributed by atoms with van der Waals surface area (Å²) >= 11 is 0. The van der Waals surface area contributed by atoms with E-state index in [4.69, 9.17) is 9.26 Å². The number of hydrogen-bond donors (Lipinski definition) is 2. The van der Waals surface area contributed by atoms with E-state index in [2.05, 4.69) is 39.8 Å². The van der Waals surface area contributed by atoms with Gasteiger partial charge in [0, 0.05) is 25.7 Å². The lowest BCUT2D eigenvalue weighted by Crippen LogP contribution is -2.38. The Morgan fingerprint density at radius 2 is 1.86 bits per heavy atom. The van der Waals surface area contributed by atoms with Crippen LogP contribution in [0.4, 0.5) is 0 Å². The van der Waals surface area contributed by atoms with Gasteiger partial charge in [-0.15, -0.1) is 24.0 Å². The van der Waals surface area contributed by atoms with Gasteiger partial charge < -0.3 is 19.9 Å². The summed E-state index contributed by atoms with van der Waals surface area (Å²) in [4.78, 5) is 4.30. The van der Waals surface area contributed by atoms with Crippen LogP contribution in [0.3, 0.4) is 0 Å². The van der Waals surface area contributed by atoms with Crippen LogP contribution >= 0.6 is 24.0 Å². The highest BCUT2D eigenvalue weighted by Gasteiger charge is 2.09. The van der Waals surface area contributed by atoms with Gasteiger partial charge in [-0.3, -0.25) is 4.99 Å². The Morgan fingerprint density at radius 3 is 2.43 bits per heavy atom. The summed E-state index contributed by atoms with van der Waals surface area (Å²) in [5.41, 5.74) is 3.52. The molecule has 0 aliphatic heterocycles. The average molecular weight is 500 g/mol. The smallest absolute Gasteiger partial charge is 0.190 e. The molecule has 0 aliphatic carbocycles. The van der Waals surface area contributed by atoms with Crippen molar-refractivity contribution in [3.8, 4) is 5.75 Å². The number of guanidine groups is 1. The van der Waals surface area contributed by atoms with Crippen molar-refractivity contribution in [1.82, 2.24) is 15.8 Å². The summed E-state index contributed by atoms with van der Waals surface area (Å²) in [6.45, 7) is 7.93. The summed E-state index contributed by atoms with van der Waals surface area (Å²) < 4.78 is 10.4. The molecule has 0 bridgehead atoms. The van der Waals surface area contributed by atoms with Crippen molar-refractivity contribution < 1.29 is 9.26 Å². The number of nitrogens with zero attached hydrogens (tertiary/aromatic N) is 2. The van der Waals surface area contributed by atoms with E-state index in [9.17, 15) is 0 Å². The Balaban J connectivity index is 0.00000392. The lowest BCUT2D eigenvalue weighted by Gasteiger charge is -2.15. The van der Waals surface area contributed by atoms with E-state index in [1.54, 1.807) is 14.2 Å². The fraction of sp³-hybridized carbons (Fsp3) is 0.524. The van der Waals surface area contributed by atoms with E-state index in [0.29, 0.717) is 5.92 Å². The number of benzene rings is 1. The predicted octanol–water partition coefficient (Wildman–Crippen LogP) is 4.21. The molecule has 2 aromatic rings. The quantitative estimate of drug-likeness (QED) is 0.234. The van der Waals surface area contributed by atoms with Gasteiger partial charge in [0.15, 0.2) is 5.96 Å². The van der Waals surface area contributed by atoms with E-state index in [1.807, 2.05) is 26.0 Å². The van der Waals surface area contributed by atoms with E-state index in [0.717, 1.165) is 55.5 Å². The van der Waals surface area contributed by atoms with Crippen LogP contribution in [-0.2, 0) is 6.42 Å². The molecular weight excluding hydrogens is 467 g/mol. The van der Waals surface area contributed by atoms with Crippen molar-refractivity contribution in [2.75, 3.05) is 27.2 Å². The maximum Gasteiger partial charge on any atom is 0.190 e. The van der Waals surface area contributed by atoms with Crippen LogP contribution < -0.4 is 15.4 Å². The van der Waals surface area contributed by atoms with Gasteiger partial charge in [-0.1, -0.05) is 24.2 Å². The van der Waals surface area contributed by atoms with Gasteiger partial charge in [-0.05, 0) is 56.7 Å². The van der Waals surface area contributed by atoms with Crippen molar-refractivity contribution in [3.05, 3.63) is 46.8 Å². The molecule has 0 aliphatic rings. The standard InChI is InChI=1S/C21H32N4O2.HI/c1-15(18-8-10-19(26-5)11-9-18)12-14-24-21(22-4)23-13-6-7-20-16(2)25-27-17(20)3;/h8-11,15H,6-7,12-14H2,1-5H3,(H2,22,23,24);1H. The zero-order valence-corrected chi connectivity index (χ0v) is 19.9. The first-order valence-corrected chi connectivity index (χ1v) is 9.55. The summed E-state index contributed by atoms with van der Waals surface area (Å²) in [5.74, 6) is 3.13. The number of nitrogens with one attached hydrogen (secondary N) is 2. The van der Waals surface area contributed by atoms with Gasteiger partial charge >= 0.3 is 0 Å². The number of aliphatic imine (C=N–C) groups is 1. The first kappa shape index (κ1) is 24.3. The summed E-state index contributed by atoms with van der Waals surface area (Å²) in [7, 11) is 3.49. The van der Waals surface area contributed by atoms with Crippen LogP contribution in [0.2, 0.25) is 0 Å². The Hall–Kier alpha value is -1.77. The first-order valence-electron chi connectivity index (χ1n) is 9.55. The normalized spacial score (nSPS) is 12.2. The number of aryl methyl sites for hydroxylation is 2. The molecule has 0 saturated heterocycles. The molecule has 7 heteroatoms. The third-order valence-corrected chi connectivity index (χ3v) is 4.86. The topological polar surface area (TPSA) is 71.7 Å². The van der Waals surface area contributed by atoms with Gasteiger partial charge in [0.1, 0.15) is 11.5 Å². The van der Waals surface area contributed by atoms with Crippen LogP contribution in [0.15, 0.2) is 33.8 Å². The van der Waals surface area contributed by atoms with E-state index in [1.165, 1.54) is 11.1 Å². The fourth-order valence-corrected chi connectivity index (χ4v) is 3.06. The highest BCUT2D eigenvalue weighted by atomic mass is 127. The van der Waals surface area contributed by atoms with Crippen LogP contribution in [0, 0.1) is 13.8 Å². The van der Waals surface area contributed by atoms with Gasteiger partial charge in [0.25, 0.3) is 0 Å². The monoisotopic (exact) mass is 500 g/mol. The average Bonchev–Trinajstić information content (AvgIpc) is 3.01. The number of hydrogen-bond acceptors (Lipinski definition) is 4. The number of halogens is 1. The second kappa shape index (κ2) is 12.6. The highest BCUT2D eigenvalue weighted by molar-refractivity contribution is 14.0. The third-order valence-electron chi connectivity index (χ3n) is 4.86. The Bertz CT molecular complexity index is 709. The first-order chi connectivity index (χ1) is 13.0. The minimum atomic E-state index is 0. The molecule has 2 N–H and O–H groups in total. The largest absolute Gasteiger partial charge is 0.497 e. The molecule has 156 valence electrons. The number of rotatable bonds is 9. The second-order valence-corrected chi connectivity index (χ2v) is 6.79. The van der Waals surface area contributed by atoms with Crippen LogP contribution in [0.25, 0.3) is 0 Å². The molecule has 6 nitrogen and oxygen atoms in total. The van der Waals surface area contributed by atoms with E-state index >= 15 is 0 Å². The van der Waals surface area contributed by atoms with E-state index in [-0.39, 0.29) is 24.0 Å². The maximum atomic E-state index is 5.21. The molecule has 1 aromatic carbocycles. The van der Waals surface area contributed by atoms with Crippen molar-refractivity contribution in [2.24, 2.45) is 4.99 Å². The molecule has 1 atom stereocenters. The summed E-state index contributed by atoms with van der Waals surface area (Å²) in [6.07, 6.45) is 3.00. The maximum absolute atomic E-state index is 5.21. The van der Waals surface area contributed by atoms with Crippen molar-refractivity contribution in [3.63, 3.8) is 0 Å². The molecular formula is C21H33IN4O2. The number of aromatic nitrogens is 1. The fourth-order valence-electron chi connectivity index (χ4n) is 3.06. The molecule has 0 fully saturated rings. The molecule has 0 radical (unpaired) electrons. The Labute approximate surface area is 185 Å². The number of ether oxygens (including phenoxy) is 1. The molecule has 0 spiro atoms. The summed E-state index contributed by atoms with van der Waals surface area (Å²) in [5, 5.41) is 10.8. The molecule has 0 saturated carbocycles. The predicted molar refractivity (Wildman–Crippen MR) is 125 cm³/mol. The van der Waals surface area contributed by atoms with Crippen LogP contribution in [0.1, 0.15) is 48.3 Å². The van der Waals surface area contributed by atoms with Crippen LogP contribution in [-0.4, -0.2) is 38.4 Å². The molecule has 1 aromatic heterocycles. The third kappa shape index (κ3) is 7.33. The molecule has 0 amide bonds. The molecule has 1 unspecified atom stereocenters. The summed E-state index contributed by atoms with van der Waals surface area (Å²) in [6, 6.07) is 8.29. The lowest BCUT2D eigenvalue weighted by molar-refractivity contribution is 0.392. The molecule has 1 heterocycles. The van der Waals surface area contributed by atoms with Gasteiger partial charge in [0.2, 0.25) is 0 Å². The van der Waals surface area contributed by atoms with Crippen molar-refractivity contribution in [2.45, 2.75) is 46.0 Å². The van der Waals surface area contributed by atoms with Gasteiger partial charge in [-0.2, -0.15) is 0 Å². The minimum Gasteiger partial charge on any atom is -0.497 e. The van der Waals surface area contributed by atoms with Gasteiger partial charge in [0.05, 0.1) is 12.8 Å². The van der Waals surface area contributed by atoms with E-state index < -0.39 is 0 Å². The van der Waals surface area contributed by atoms with Crippen LogP contribution in [0.5, 0.6) is 5.75 Å².